The third kappa shape index (κ3) is 3.68. The van der Waals surface area contributed by atoms with Crippen LogP contribution in [0.3, 0.4) is 0 Å². The van der Waals surface area contributed by atoms with Crippen LogP contribution in [0.5, 0.6) is 0 Å². The maximum atomic E-state index is 8.88. The summed E-state index contributed by atoms with van der Waals surface area (Å²) in [7, 11) is 0. The third-order valence-corrected chi connectivity index (χ3v) is 4.68. The fraction of sp³-hybridized carbons (Fsp3) is 0.444. The van der Waals surface area contributed by atoms with Gasteiger partial charge in [-0.25, -0.2) is 9.97 Å². The second kappa shape index (κ2) is 7.54. The molecule has 0 spiro atoms. The molecular weight excluding hydrogens is 330 g/mol. The van der Waals surface area contributed by atoms with E-state index in [1.165, 1.54) is 0 Å². The van der Waals surface area contributed by atoms with Crippen molar-refractivity contribution in [3.63, 3.8) is 0 Å². The molecule has 4 rings (SSSR count). The summed E-state index contributed by atoms with van der Waals surface area (Å²) in [5.41, 5.74) is 0.583. The van der Waals surface area contributed by atoms with Crippen LogP contribution < -0.4 is 15.1 Å². The normalized spacial score (nSPS) is 20.0. The predicted octanol–water partition coefficient (Wildman–Crippen LogP) is 1.27. The number of nitriles is 1. The van der Waals surface area contributed by atoms with E-state index in [2.05, 4.69) is 36.1 Å². The molecule has 26 heavy (non-hydrogen) atoms. The van der Waals surface area contributed by atoms with Crippen molar-refractivity contribution in [1.29, 1.82) is 5.26 Å². The highest BCUT2D eigenvalue weighted by Crippen LogP contribution is 2.21. The minimum atomic E-state index is 0.305. The Balaban J connectivity index is 1.38. The zero-order chi connectivity index (χ0) is 17.8. The molecule has 4 heterocycles. The molecule has 0 amide bonds. The second-order valence-electron chi connectivity index (χ2n) is 6.43. The molecule has 0 aliphatic carbocycles. The monoisotopic (exact) mass is 351 g/mol. The Morgan fingerprint density at radius 3 is 2.77 bits per heavy atom. The van der Waals surface area contributed by atoms with Crippen LogP contribution >= 0.6 is 0 Å². The minimum absolute atomic E-state index is 0.305. The van der Waals surface area contributed by atoms with Crippen LogP contribution in [0.1, 0.15) is 12.0 Å². The van der Waals surface area contributed by atoms with Gasteiger partial charge in [-0.1, -0.05) is 0 Å². The van der Waals surface area contributed by atoms with Crippen LogP contribution in [0, 0.1) is 11.3 Å². The van der Waals surface area contributed by atoms with Crippen LogP contribution in [-0.4, -0.2) is 60.4 Å². The fourth-order valence-corrected chi connectivity index (χ4v) is 3.28. The Morgan fingerprint density at radius 2 is 2.00 bits per heavy atom. The summed E-state index contributed by atoms with van der Waals surface area (Å²) in [5.74, 6) is 2.51. The molecule has 0 bridgehead atoms. The number of ether oxygens (including phenoxy) is 1. The van der Waals surface area contributed by atoms with E-state index < -0.39 is 0 Å². The van der Waals surface area contributed by atoms with E-state index in [1.807, 2.05) is 18.2 Å². The van der Waals surface area contributed by atoms with E-state index in [0.29, 0.717) is 11.6 Å². The standard InChI is InChI=1S/C18H21N7O/c19-11-14-1-2-17(21-12-14)25-6-4-15(13-25)22-16-3-5-20-18(23-16)24-7-9-26-10-8-24/h1-3,5,12,15H,4,6-10,13H2,(H,20,22,23). The molecule has 0 saturated carbocycles. The first-order valence-corrected chi connectivity index (χ1v) is 8.85. The van der Waals surface area contributed by atoms with Crippen LogP contribution in [0.2, 0.25) is 0 Å². The fourth-order valence-electron chi connectivity index (χ4n) is 3.28. The molecular formula is C18H21N7O. The minimum Gasteiger partial charge on any atom is -0.378 e. The highest BCUT2D eigenvalue weighted by Gasteiger charge is 2.24. The smallest absolute Gasteiger partial charge is 0.227 e. The molecule has 2 fully saturated rings. The lowest BCUT2D eigenvalue weighted by Gasteiger charge is -2.27. The largest absolute Gasteiger partial charge is 0.378 e. The Hall–Kier alpha value is -2.92. The van der Waals surface area contributed by atoms with Crippen molar-refractivity contribution in [3.8, 4) is 6.07 Å². The molecule has 1 unspecified atom stereocenters. The van der Waals surface area contributed by atoms with Gasteiger partial charge in [0.2, 0.25) is 5.95 Å². The van der Waals surface area contributed by atoms with Gasteiger partial charge in [0.15, 0.2) is 0 Å². The molecule has 134 valence electrons. The first-order chi connectivity index (χ1) is 12.8. The summed E-state index contributed by atoms with van der Waals surface area (Å²) in [5, 5.41) is 12.4. The van der Waals surface area contributed by atoms with E-state index in [0.717, 1.165) is 63.4 Å². The number of nitrogens with zero attached hydrogens (tertiary/aromatic N) is 6. The number of nitrogens with one attached hydrogen (secondary N) is 1. The highest BCUT2D eigenvalue weighted by molar-refractivity contribution is 5.46. The molecule has 1 N–H and O–H groups in total. The Kier molecular flexibility index (Phi) is 4.80. The first kappa shape index (κ1) is 16.5. The molecule has 8 heteroatoms. The number of anilines is 3. The van der Waals surface area contributed by atoms with Crippen molar-refractivity contribution in [2.24, 2.45) is 0 Å². The maximum Gasteiger partial charge on any atom is 0.227 e. The molecule has 2 aromatic heterocycles. The van der Waals surface area contributed by atoms with Gasteiger partial charge in [0.25, 0.3) is 0 Å². The molecule has 8 nitrogen and oxygen atoms in total. The lowest BCUT2D eigenvalue weighted by molar-refractivity contribution is 0.122. The lowest BCUT2D eigenvalue weighted by atomic mass is 10.2. The van der Waals surface area contributed by atoms with E-state index in [4.69, 9.17) is 10.00 Å². The number of pyridine rings is 1. The average molecular weight is 351 g/mol. The van der Waals surface area contributed by atoms with Crippen molar-refractivity contribution < 1.29 is 4.74 Å². The van der Waals surface area contributed by atoms with Crippen LogP contribution in [0.15, 0.2) is 30.6 Å². The topological polar surface area (TPSA) is 90.2 Å². The van der Waals surface area contributed by atoms with Gasteiger partial charge in [0, 0.05) is 44.6 Å². The average Bonchev–Trinajstić information content (AvgIpc) is 3.17. The molecule has 2 aliphatic rings. The lowest BCUT2D eigenvalue weighted by Crippen LogP contribution is -2.37. The van der Waals surface area contributed by atoms with Crippen LogP contribution in [0.25, 0.3) is 0 Å². The van der Waals surface area contributed by atoms with Crippen molar-refractivity contribution in [2.75, 3.05) is 54.5 Å². The van der Waals surface area contributed by atoms with E-state index in [9.17, 15) is 0 Å². The van der Waals surface area contributed by atoms with Gasteiger partial charge in [-0.3, -0.25) is 0 Å². The first-order valence-electron chi connectivity index (χ1n) is 8.85. The van der Waals surface area contributed by atoms with Crippen molar-refractivity contribution in [2.45, 2.75) is 12.5 Å². The Morgan fingerprint density at radius 1 is 1.12 bits per heavy atom. The van der Waals surface area contributed by atoms with Crippen molar-refractivity contribution in [1.82, 2.24) is 15.0 Å². The van der Waals surface area contributed by atoms with Gasteiger partial charge >= 0.3 is 0 Å². The number of rotatable bonds is 4. The van der Waals surface area contributed by atoms with Gasteiger partial charge < -0.3 is 19.9 Å². The summed E-state index contributed by atoms with van der Waals surface area (Å²) in [4.78, 5) is 17.8. The number of aromatic nitrogens is 3. The van der Waals surface area contributed by atoms with Crippen LogP contribution in [0.4, 0.5) is 17.6 Å². The molecule has 2 aliphatic heterocycles. The van der Waals surface area contributed by atoms with E-state index in [-0.39, 0.29) is 0 Å². The summed E-state index contributed by atoms with van der Waals surface area (Å²) in [6.07, 6.45) is 4.43. The number of hydrogen-bond donors (Lipinski definition) is 1. The zero-order valence-corrected chi connectivity index (χ0v) is 14.5. The van der Waals surface area contributed by atoms with Gasteiger partial charge in [-0.05, 0) is 24.6 Å². The van der Waals surface area contributed by atoms with E-state index in [1.54, 1.807) is 12.4 Å². The SMILES string of the molecule is N#Cc1ccc(N2CCC(Nc3ccnc(N4CCOCC4)n3)C2)nc1. The zero-order valence-electron chi connectivity index (χ0n) is 14.5. The van der Waals surface area contributed by atoms with Gasteiger partial charge in [-0.2, -0.15) is 10.2 Å². The maximum absolute atomic E-state index is 8.88. The molecule has 1 atom stereocenters. The summed E-state index contributed by atoms with van der Waals surface area (Å²) in [6, 6.07) is 8.03. The van der Waals surface area contributed by atoms with Crippen molar-refractivity contribution >= 4 is 17.6 Å². The number of hydrogen-bond acceptors (Lipinski definition) is 8. The second-order valence-corrected chi connectivity index (χ2v) is 6.43. The quantitative estimate of drug-likeness (QED) is 0.881. The van der Waals surface area contributed by atoms with E-state index >= 15 is 0 Å². The van der Waals surface area contributed by atoms with Gasteiger partial charge in [0.05, 0.1) is 18.8 Å². The predicted molar refractivity (Wildman–Crippen MR) is 98.3 cm³/mol. The molecule has 2 aromatic rings. The summed E-state index contributed by atoms with van der Waals surface area (Å²) < 4.78 is 5.39. The molecule has 0 radical (unpaired) electrons. The number of morpholine rings is 1. The van der Waals surface area contributed by atoms with Crippen molar-refractivity contribution in [3.05, 3.63) is 36.2 Å². The third-order valence-electron chi connectivity index (χ3n) is 4.68. The Labute approximate surface area is 152 Å². The molecule has 2 saturated heterocycles. The molecule has 0 aromatic carbocycles. The summed E-state index contributed by atoms with van der Waals surface area (Å²) in [6.45, 7) is 4.87. The van der Waals surface area contributed by atoms with Crippen LogP contribution in [-0.2, 0) is 4.74 Å². The summed E-state index contributed by atoms with van der Waals surface area (Å²) >= 11 is 0. The van der Waals surface area contributed by atoms with Gasteiger partial charge in [0.1, 0.15) is 17.7 Å². The highest BCUT2D eigenvalue weighted by atomic mass is 16.5. The van der Waals surface area contributed by atoms with Gasteiger partial charge in [-0.15, -0.1) is 0 Å². The Bertz CT molecular complexity index is 783.